The van der Waals surface area contributed by atoms with Gasteiger partial charge in [-0.1, -0.05) is 105 Å². The number of aromatic amines is 1. The van der Waals surface area contributed by atoms with Gasteiger partial charge in [-0.25, -0.2) is 9.67 Å². The quantitative estimate of drug-likeness (QED) is 0.125. The summed E-state index contributed by atoms with van der Waals surface area (Å²) in [5.41, 5.74) is 5.30. The van der Waals surface area contributed by atoms with Gasteiger partial charge in [-0.2, -0.15) is 4.63 Å². The van der Waals surface area contributed by atoms with Gasteiger partial charge in [0.05, 0.1) is 17.1 Å². The lowest BCUT2D eigenvalue weighted by molar-refractivity contribution is -0.153. The zero-order chi connectivity index (χ0) is 36.0. The van der Waals surface area contributed by atoms with Crippen LogP contribution in [0.2, 0.25) is 0 Å². The maximum Gasteiger partial charge on any atom is 0.309 e. The largest absolute Gasteiger partial charge is 0.461 e. The summed E-state index contributed by atoms with van der Waals surface area (Å²) in [6, 6.07) is 27.0. The van der Waals surface area contributed by atoms with Crippen molar-refractivity contribution < 1.29 is 19.1 Å². The molecule has 0 spiro atoms. The Bertz CT molecular complexity index is 2150. The number of nitrogens with zero attached hydrogens (tertiary/aromatic N) is 6. The fourth-order valence-corrected chi connectivity index (χ4v) is 7.99. The number of esters is 2. The summed E-state index contributed by atoms with van der Waals surface area (Å²) in [6.45, 7) is 5.83. The third kappa shape index (κ3) is 7.68. The molecule has 3 aromatic carbocycles. The standard InChI is InChI=1S/C33H37N7O2.C8H8O2/c1-21(31-34-32-30(22(2)36-40(32)37-31)39-29-17-9-8-16-28(29)35-38-39)26-19-24-14-6-7-15-25(24)20-27(26)33(41)42-18-10-13-23-11-4-3-5-12-23;1-7(9)10-8-5-3-2-4-6-8/h3-5,8-13,16-17,21,24-27,36H,6-7,14-15,18-20H2,1-2H3;2-6H,1H3/b13-10+;/t21?,24?,25?,26-,27-;/m1./s1. The van der Waals surface area contributed by atoms with Crippen molar-refractivity contribution in [2.45, 2.75) is 65.2 Å². The maximum atomic E-state index is 13.6. The van der Waals surface area contributed by atoms with Crippen molar-refractivity contribution in [3.63, 3.8) is 0 Å². The lowest BCUT2D eigenvalue weighted by atomic mass is 9.60. The number of para-hydroxylation sites is 2. The van der Waals surface area contributed by atoms with Gasteiger partial charge in [-0.05, 0) is 73.4 Å². The molecule has 2 aliphatic rings. The van der Waals surface area contributed by atoms with Crippen LogP contribution in [0.5, 0.6) is 5.75 Å². The molecular weight excluding hydrogens is 654 g/mol. The Morgan fingerprint density at radius 1 is 0.942 bits per heavy atom. The predicted molar refractivity (Wildman–Crippen MR) is 199 cm³/mol. The average Bonchev–Trinajstić information content (AvgIpc) is 3.86. The first-order valence-corrected chi connectivity index (χ1v) is 18.2. The fraction of sp³-hybridized carbons (Fsp3) is 0.366. The van der Waals surface area contributed by atoms with Gasteiger partial charge >= 0.3 is 11.9 Å². The summed E-state index contributed by atoms with van der Waals surface area (Å²) in [6.07, 6.45) is 10.8. The first-order chi connectivity index (χ1) is 25.4. The number of fused-ring (bicyclic) bond motifs is 3. The Balaban J connectivity index is 0.000000365. The molecule has 0 saturated heterocycles. The molecule has 5 atom stereocenters. The number of ether oxygens (including phenoxy) is 2. The summed E-state index contributed by atoms with van der Waals surface area (Å²) in [5, 5.41) is 17.0. The summed E-state index contributed by atoms with van der Waals surface area (Å²) >= 11 is 0. The van der Waals surface area contributed by atoms with E-state index >= 15 is 0 Å². The minimum atomic E-state index is -0.286. The molecule has 2 aliphatic carbocycles. The van der Waals surface area contributed by atoms with Crippen molar-refractivity contribution in [1.29, 1.82) is 0 Å². The van der Waals surface area contributed by atoms with Gasteiger partial charge in [0.25, 0.3) is 0 Å². The van der Waals surface area contributed by atoms with Crippen LogP contribution >= 0.6 is 0 Å². The van der Waals surface area contributed by atoms with E-state index in [0.29, 0.717) is 23.2 Å². The van der Waals surface area contributed by atoms with E-state index < -0.39 is 0 Å². The Morgan fingerprint density at radius 3 is 2.38 bits per heavy atom. The predicted octanol–water partition coefficient (Wildman–Crippen LogP) is 7.90. The smallest absolute Gasteiger partial charge is 0.309 e. The molecule has 11 heteroatoms. The van der Waals surface area contributed by atoms with Crippen LogP contribution in [-0.4, -0.2) is 53.4 Å². The first kappa shape index (κ1) is 34.9. The van der Waals surface area contributed by atoms with E-state index in [2.05, 4.69) is 22.3 Å². The maximum absolute atomic E-state index is 13.6. The molecule has 0 amide bonds. The number of aromatic nitrogens is 7. The highest BCUT2D eigenvalue weighted by Crippen LogP contribution is 2.49. The van der Waals surface area contributed by atoms with E-state index in [0.717, 1.165) is 46.6 Å². The second-order valence-corrected chi connectivity index (χ2v) is 14.0. The molecule has 268 valence electrons. The second kappa shape index (κ2) is 15.8. The van der Waals surface area contributed by atoms with Gasteiger partial charge < -0.3 is 9.47 Å². The molecule has 52 heavy (non-hydrogen) atoms. The van der Waals surface area contributed by atoms with E-state index in [1.807, 2.05) is 96.6 Å². The zero-order valence-electron chi connectivity index (χ0n) is 29.9. The highest BCUT2D eigenvalue weighted by molar-refractivity contribution is 5.78. The van der Waals surface area contributed by atoms with Gasteiger partial charge in [0, 0.05) is 12.8 Å². The molecule has 3 aromatic heterocycles. The molecule has 6 aromatic rings. The number of nitrogens with one attached hydrogen (secondary N) is 1. The molecule has 0 aliphatic heterocycles. The summed E-state index contributed by atoms with van der Waals surface area (Å²) in [7, 11) is 0. The van der Waals surface area contributed by atoms with E-state index in [1.54, 1.807) is 16.8 Å². The Labute approximate surface area is 303 Å². The lowest BCUT2D eigenvalue weighted by Crippen LogP contribution is -2.40. The molecule has 1 N–H and O–H groups in total. The third-order valence-corrected chi connectivity index (χ3v) is 10.5. The number of aryl methyl sites for hydroxylation is 1. The number of H-pyrrole nitrogens is 1. The van der Waals surface area contributed by atoms with Gasteiger partial charge in [0.15, 0.2) is 5.82 Å². The Kier molecular flexibility index (Phi) is 10.6. The van der Waals surface area contributed by atoms with Gasteiger partial charge in [-0.3, -0.25) is 14.7 Å². The number of carbonyl (C=O) groups excluding carboxylic acids is 2. The number of hydrogen-bond acceptors (Lipinski definition) is 8. The zero-order valence-corrected chi connectivity index (χ0v) is 29.9. The van der Waals surface area contributed by atoms with Crippen LogP contribution in [0.25, 0.3) is 28.4 Å². The van der Waals surface area contributed by atoms with Crippen LogP contribution in [0, 0.1) is 30.6 Å². The van der Waals surface area contributed by atoms with Crippen molar-refractivity contribution >= 4 is 34.7 Å². The average molecular weight is 700 g/mol. The fourth-order valence-electron chi connectivity index (χ4n) is 7.99. The molecule has 8 rings (SSSR count). The minimum absolute atomic E-state index is 0.000709. The van der Waals surface area contributed by atoms with Crippen LogP contribution in [-0.2, 0) is 14.3 Å². The van der Waals surface area contributed by atoms with E-state index in [1.165, 1.54) is 32.6 Å². The van der Waals surface area contributed by atoms with E-state index in [4.69, 9.17) is 19.6 Å². The highest BCUT2D eigenvalue weighted by atomic mass is 16.5. The Morgan fingerprint density at radius 2 is 1.63 bits per heavy atom. The number of carbonyl (C=O) groups is 2. The summed E-state index contributed by atoms with van der Waals surface area (Å²) < 4.78 is 14.2. The van der Waals surface area contributed by atoms with Crippen molar-refractivity contribution in [3.05, 3.63) is 108 Å². The van der Waals surface area contributed by atoms with Gasteiger partial charge in [-0.15, -0.1) is 10.2 Å². The first-order valence-electron chi connectivity index (χ1n) is 18.2. The Hall–Kier alpha value is -5.58. The van der Waals surface area contributed by atoms with Crippen LogP contribution in [0.1, 0.15) is 75.4 Å². The van der Waals surface area contributed by atoms with Crippen molar-refractivity contribution in [1.82, 2.24) is 34.8 Å². The van der Waals surface area contributed by atoms with E-state index in [-0.39, 0.29) is 36.3 Å². The molecular formula is C41H45N7O4. The van der Waals surface area contributed by atoms with Crippen LogP contribution in [0.15, 0.2) is 91.0 Å². The summed E-state index contributed by atoms with van der Waals surface area (Å²) in [4.78, 5) is 29.0. The molecule has 0 radical (unpaired) electrons. The van der Waals surface area contributed by atoms with Gasteiger partial charge in [0.2, 0.25) is 5.65 Å². The molecule has 3 heterocycles. The van der Waals surface area contributed by atoms with E-state index in [9.17, 15) is 9.59 Å². The molecule has 0 bridgehead atoms. The monoisotopic (exact) mass is 699 g/mol. The second-order valence-electron chi connectivity index (χ2n) is 14.0. The van der Waals surface area contributed by atoms with Crippen molar-refractivity contribution in [2.75, 3.05) is 6.61 Å². The third-order valence-electron chi connectivity index (χ3n) is 10.5. The molecule has 11 nitrogen and oxygen atoms in total. The van der Waals surface area contributed by atoms with Gasteiger partial charge in [0.1, 0.15) is 23.6 Å². The lowest BCUT2D eigenvalue weighted by Gasteiger charge is -2.44. The topological polar surface area (TPSA) is 129 Å². The molecule has 3 unspecified atom stereocenters. The summed E-state index contributed by atoms with van der Waals surface area (Å²) in [5.74, 6) is 2.17. The number of hydrogen-bond donors (Lipinski definition) is 1. The van der Waals surface area contributed by atoms with Crippen molar-refractivity contribution in [2.24, 2.45) is 23.7 Å². The van der Waals surface area contributed by atoms with Crippen LogP contribution < -0.4 is 4.74 Å². The number of rotatable bonds is 8. The number of benzene rings is 3. The molecule has 2 saturated carbocycles. The van der Waals surface area contributed by atoms with Crippen LogP contribution in [0.3, 0.4) is 0 Å². The normalized spacial score (nSPS) is 20.6. The van der Waals surface area contributed by atoms with Crippen molar-refractivity contribution in [3.8, 4) is 11.4 Å². The highest BCUT2D eigenvalue weighted by Gasteiger charge is 2.45. The molecule has 2 fully saturated rings. The van der Waals surface area contributed by atoms with Crippen LogP contribution in [0.4, 0.5) is 0 Å². The minimum Gasteiger partial charge on any atom is -0.461 e. The SMILES string of the molecule is CC(=O)Oc1ccccc1.Cc1[nH]n2nc(C(C)[C@H]3CC4CCCCC4C[C@H]3C(=O)OC/C=C/c3ccccc3)nc2c1-n1nnc2ccccc21.